The molecule has 1 saturated carbocycles. The van der Waals surface area contributed by atoms with Crippen LogP contribution < -0.4 is 5.32 Å². The molecular formula is C11H20N2S. The molecule has 14 heavy (non-hydrogen) atoms. The molecule has 1 heterocycles. The number of hydrogen-bond donors (Lipinski definition) is 1. The fraction of sp³-hybridized carbons (Fsp3) is 0.909. The smallest absolute Gasteiger partial charge is 0.157 e. The van der Waals surface area contributed by atoms with Crippen molar-refractivity contribution in [3.05, 3.63) is 0 Å². The number of rotatable bonds is 3. The van der Waals surface area contributed by atoms with Gasteiger partial charge in [-0.3, -0.25) is 4.99 Å². The molecular weight excluding hydrogens is 192 g/mol. The molecule has 80 valence electrons. The van der Waals surface area contributed by atoms with E-state index in [1.54, 1.807) is 0 Å². The summed E-state index contributed by atoms with van der Waals surface area (Å²) >= 11 is 1.89. The van der Waals surface area contributed by atoms with E-state index in [-0.39, 0.29) is 0 Å². The van der Waals surface area contributed by atoms with Crippen LogP contribution in [0.2, 0.25) is 0 Å². The summed E-state index contributed by atoms with van der Waals surface area (Å²) in [5.41, 5.74) is 0.408. The number of nitrogens with one attached hydrogen (secondary N) is 1. The topological polar surface area (TPSA) is 24.4 Å². The monoisotopic (exact) mass is 212 g/mol. The molecule has 0 spiro atoms. The first-order chi connectivity index (χ1) is 6.85. The Bertz CT molecular complexity index is 219. The minimum absolute atomic E-state index is 0.408. The SMILES string of the molecule is CCCC1(NC2=NCCS2)CCCC1. The van der Waals surface area contributed by atoms with Gasteiger partial charge in [-0.25, -0.2) is 0 Å². The van der Waals surface area contributed by atoms with Crippen LogP contribution in [0.3, 0.4) is 0 Å². The number of aliphatic imine (C=N–C) groups is 1. The molecule has 1 fully saturated rings. The lowest BCUT2D eigenvalue weighted by Gasteiger charge is -2.30. The maximum absolute atomic E-state index is 4.49. The zero-order valence-electron chi connectivity index (χ0n) is 9.01. The van der Waals surface area contributed by atoms with Gasteiger partial charge in [0.2, 0.25) is 0 Å². The summed E-state index contributed by atoms with van der Waals surface area (Å²) in [6, 6.07) is 0. The molecule has 2 rings (SSSR count). The summed E-state index contributed by atoms with van der Waals surface area (Å²) in [4.78, 5) is 4.49. The predicted octanol–water partition coefficient (Wildman–Crippen LogP) is 2.79. The zero-order valence-corrected chi connectivity index (χ0v) is 9.83. The maximum Gasteiger partial charge on any atom is 0.157 e. The molecule has 2 aliphatic rings. The van der Waals surface area contributed by atoms with Gasteiger partial charge < -0.3 is 5.32 Å². The molecule has 0 amide bonds. The van der Waals surface area contributed by atoms with E-state index < -0.39 is 0 Å². The second-order valence-corrected chi connectivity index (χ2v) is 5.48. The van der Waals surface area contributed by atoms with E-state index in [9.17, 15) is 0 Å². The average molecular weight is 212 g/mol. The van der Waals surface area contributed by atoms with Crippen molar-refractivity contribution in [1.29, 1.82) is 0 Å². The van der Waals surface area contributed by atoms with Gasteiger partial charge in [-0.1, -0.05) is 37.9 Å². The van der Waals surface area contributed by atoms with Crippen molar-refractivity contribution in [2.45, 2.75) is 51.0 Å². The lowest BCUT2D eigenvalue weighted by molar-refractivity contribution is 0.359. The van der Waals surface area contributed by atoms with E-state index in [4.69, 9.17) is 0 Å². The second kappa shape index (κ2) is 4.56. The molecule has 1 aliphatic heterocycles. The molecule has 0 aromatic heterocycles. The highest BCUT2D eigenvalue weighted by atomic mass is 32.2. The number of thioether (sulfide) groups is 1. The molecule has 0 saturated heterocycles. The van der Waals surface area contributed by atoms with Crippen molar-refractivity contribution >= 4 is 16.9 Å². The zero-order chi connectivity index (χ0) is 9.86. The minimum atomic E-state index is 0.408. The third-order valence-electron chi connectivity index (χ3n) is 3.25. The van der Waals surface area contributed by atoms with E-state index in [1.165, 1.54) is 49.4 Å². The van der Waals surface area contributed by atoms with Crippen molar-refractivity contribution < 1.29 is 0 Å². The van der Waals surface area contributed by atoms with E-state index >= 15 is 0 Å². The van der Waals surface area contributed by atoms with Gasteiger partial charge in [0, 0.05) is 11.3 Å². The van der Waals surface area contributed by atoms with Crippen LogP contribution in [-0.2, 0) is 0 Å². The quantitative estimate of drug-likeness (QED) is 0.778. The molecule has 0 atom stereocenters. The summed E-state index contributed by atoms with van der Waals surface area (Å²) in [5.74, 6) is 1.17. The number of hydrogen-bond acceptors (Lipinski definition) is 3. The normalized spacial score (nSPS) is 25.1. The van der Waals surface area contributed by atoms with Crippen LogP contribution >= 0.6 is 11.8 Å². The Morgan fingerprint density at radius 1 is 1.43 bits per heavy atom. The van der Waals surface area contributed by atoms with E-state index in [0.717, 1.165) is 6.54 Å². The first-order valence-corrected chi connectivity index (χ1v) is 6.79. The highest BCUT2D eigenvalue weighted by Gasteiger charge is 2.33. The Hall–Kier alpha value is -0.180. The molecule has 1 aliphatic carbocycles. The average Bonchev–Trinajstić information content (AvgIpc) is 2.78. The van der Waals surface area contributed by atoms with Gasteiger partial charge in [0.15, 0.2) is 5.17 Å². The Morgan fingerprint density at radius 2 is 2.21 bits per heavy atom. The summed E-state index contributed by atoms with van der Waals surface area (Å²) in [5, 5.41) is 4.91. The Labute approximate surface area is 90.9 Å². The third kappa shape index (κ3) is 2.25. The standard InChI is InChI=1S/C11H20N2S/c1-2-5-11(6-3-4-7-11)13-10-12-8-9-14-10/h2-9H2,1H3,(H,12,13). The molecule has 0 aromatic rings. The van der Waals surface area contributed by atoms with E-state index in [0.29, 0.717) is 5.54 Å². The van der Waals surface area contributed by atoms with Crippen molar-refractivity contribution in [1.82, 2.24) is 5.32 Å². The van der Waals surface area contributed by atoms with Gasteiger partial charge >= 0.3 is 0 Å². The van der Waals surface area contributed by atoms with Crippen LogP contribution in [0.4, 0.5) is 0 Å². The summed E-state index contributed by atoms with van der Waals surface area (Å²) in [6.07, 6.45) is 8.08. The van der Waals surface area contributed by atoms with Gasteiger partial charge in [-0.15, -0.1) is 0 Å². The highest BCUT2D eigenvalue weighted by molar-refractivity contribution is 8.14. The summed E-state index contributed by atoms with van der Waals surface area (Å²) in [6.45, 7) is 3.29. The van der Waals surface area contributed by atoms with Gasteiger partial charge in [0.25, 0.3) is 0 Å². The van der Waals surface area contributed by atoms with Crippen LogP contribution in [0.5, 0.6) is 0 Å². The Balaban J connectivity index is 1.96. The fourth-order valence-electron chi connectivity index (χ4n) is 2.61. The largest absolute Gasteiger partial charge is 0.359 e. The molecule has 0 radical (unpaired) electrons. The van der Waals surface area contributed by atoms with Gasteiger partial charge in [-0.05, 0) is 19.3 Å². The van der Waals surface area contributed by atoms with Crippen LogP contribution in [0, 0.1) is 0 Å². The molecule has 0 unspecified atom stereocenters. The fourth-order valence-corrected chi connectivity index (χ4v) is 3.45. The first kappa shape index (κ1) is 10.3. The Morgan fingerprint density at radius 3 is 2.79 bits per heavy atom. The third-order valence-corrected chi connectivity index (χ3v) is 4.14. The molecule has 3 heteroatoms. The van der Waals surface area contributed by atoms with Gasteiger partial charge in [-0.2, -0.15) is 0 Å². The van der Waals surface area contributed by atoms with Gasteiger partial charge in [0.05, 0.1) is 6.54 Å². The maximum atomic E-state index is 4.49. The lowest BCUT2D eigenvalue weighted by Crippen LogP contribution is -2.44. The van der Waals surface area contributed by atoms with Crippen LogP contribution in [0.25, 0.3) is 0 Å². The Kier molecular flexibility index (Phi) is 3.37. The number of nitrogens with zero attached hydrogens (tertiary/aromatic N) is 1. The summed E-state index contributed by atoms with van der Waals surface area (Å²) in [7, 11) is 0. The molecule has 1 N–H and O–H groups in total. The highest BCUT2D eigenvalue weighted by Crippen LogP contribution is 2.34. The van der Waals surface area contributed by atoms with Crippen molar-refractivity contribution in [2.24, 2.45) is 4.99 Å². The van der Waals surface area contributed by atoms with Crippen molar-refractivity contribution in [2.75, 3.05) is 12.3 Å². The van der Waals surface area contributed by atoms with Crippen LogP contribution in [0.15, 0.2) is 4.99 Å². The van der Waals surface area contributed by atoms with Crippen LogP contribution in [-0.4, -0.2) is 23.0 Å². The molecule has 2 nitrogen and oxygen atoms in total. The lowest BCUT2D eigenvalue weighted by atomic mass is 9.92. The predicted molar refractivity (Wildman–Crippen MR) is 64.0 cm³/mol. The van der Waals surface area contributed by atoms with Crippen LogP contribution in [0.1, 0.15) is 45.4 Å². The van der Waals surface area contributed by atoms with Crippen molar-refractivity contribution in [3.63, 3.8) is 0 Å². The minimum Gasteiger partial charge on any atom is -0.359 e. The van der Waals surface area contributed by atoms with Gasteiger partial charge in [0.1, 0.15) is 0 Å². The number of amidine groups is 1. The second-order valence-electron chi connectivity index (χ2n) is 4.40. The molecule has 0 aromatic carbocycles. The molecule has 0 bridgehead atoms. The first-order valence-electron chi connectivity index (χ1n) is 5.80. The van der Waals surface area contributed by atoms with E-state index in [1.807, 2.05) is 11.8 Å². The van der Waals surface area contributed by atoms with E-state index in [2.05, 4.69) is 17.2 Å². The summed E-state index contributed by atoms with van der Waals surface area (Å²) < 4.78 is 0. The van der Waals surface area contributed by atoms with Crippen molar-refractivity contribution in [3.8, 4) is 0 Å².